The highest BCUT2D eigenvalue weighted by atomic mass is 14.9. The maximum absolute atomic E-state index is 9.08. The van der Waals surface area contributed by atoms with Crippen molar-refractivity contribution in [3.63, 3.8) is 0 Å². The van der Waals surface area contributed by atoms with E-state index in [-0.39, 0.29) is 0 Å². The molecule has 1 aromatic rings. The fourth-order valence-electron chi connectivity index (χ4n) is 2.79. The van der Waals surface area contributed by atoms with E-state index < -0.39 is 0 Å². The number of nitriles is 1. The minimum Gasteiger partial charge on any atom is -0.381 e. The SMILES string of the molecule is CCC1CCCCC1Nc1ccccc1C#N. The van der Waals surface area contributed by atoms with Crippen LogP contribution in [0.2, 0.25) is 0 Å². The Labute approximate surface area is 104 Å². The third-order valence-corrected chi connectivity index (χ3v) is 3.82. The molecule has 0 amide bonds. The second-order valence-electron chi connectivity index (χ2n) is 4.86. The van der Waals surface area contributed by atoms with Crippen LogP contribution >= 0.6 is 0 Å². The van der Waals surface area contributed by atoms with Crippen LogP contribution in [0.25, 0.3) is 0 Å². The molecule has 0 spiro atoms. The number of hydrogen-bond acceptors (Lipinski definition) is 2. The lowest BCUT2D eigenvalue weighted by atomic mass is 9.82. The van der Waals surface area contributed by atoms with E-state index in [4.69, 9.17) is 5.26 Å². The van der Waals surface area contributed by atoms with Gasteiger partial charge in [-0.15, -0.1) is 0 Å². The first-order valence-electron chi connectivity index (χ1n) is 6.60. The van der Waals surface area contributed by atoms with Gasteiger partial charge >= 0.3 is 0 Å². The van der Waals surface area contributed by atoms with Crippen LogP contribution in [0.5, 0.6) is 0 Å². The Balaban J connectivity index is 2.11. The molecular formula is C15H20N2. The predicted octanol–water partition coefficient (Wildman–Crippen LogP) is 3.94. The van der Waals surface area contributed by atoms with Gasteiger partial charge < -0.3 is 5.32 Å². The number of rotatable bonds is 3. The van der Waals surface area contributed by atoms with Gasteiger partial charge in [-0.2, -0.15) is 5.26 Å². The van der Waals surface area contributed by atoms with E-state index in [1.165, 1.54) is 32.1 Å². The van der Waals surface area contributed by atoms with Gasteiger partial charge in [-0.1, -0.05) is 38.3 Å². The van der Waals surface area contributed by atoms with Gasteiger partial charge in [-0.3, -0.25) is 0 Å². The lowest BCUT2D eigenvalue weighted by molar-refractivity contribution is 0.317. The molecular weight excluding hydrogens is 208 g/mol. The Hall–Kier alpha value is -1.49. The third-order valence-electron chi connectivity index (χ3n) is 3.82. The van der Waals surface area contributed by atoms with Crippen LogP contribution in [-0.2, 0) is 0 Å². The second-order valence-corrected chi connectivity index (χ2v) is 4.86. The first-order valence-corrected chi connectivity index (χ1v) is 6.60. The summed E-state index contributed by atoms with van der Waals surface area (Å²) in [5.74, 6) is 0.760. The van der Waals surface area contributed by atoms with E-state index in [1.54, 1.807) is 0 Å². The molecule has 2 nitrogen and oxygen atoms in total. The van der Waals surface area contributed by atoms with Gasteiger partial charge in [0.25, 0.3) is 0 Å². The topological polar surface area (TPSA) is 35.8 Å². The van der Waals surface area contributed by atoms with Crippen LogP contribution in [0, 0.1) is 17.2 Å². The van der Waals surface area contributed by atoms with Gasteiger partial charge in [0.05, 0.1) is 11.3 Å². The lowest BCUT2D eigenvalue weighted by Gasteiger charge is -2.32. The molecule has 0 radical (unpaired) electrons. The first kappa shape index (κ1) is 12.0. The van der Waals surface area contributed by atoms with Crippen molar-refractivity contribution in [3.05, 3.63) is 29.8 Å². The van der Waals surface area contributed by atoms with Gasteiger partial charge in [0.2, 0.25) is 0 Å². The zero-order chi connectivity index (χ0) is 12.1. The van der Waals surface area contributed by atoms with E-state index >= 15 is 0 Å². The Morgan fingerprint density at radius 3 is 2.82 bits per heavy atom. The maximum atomic E-state index is 9.08. The molecule has 90 valence electrons. The molecule has 2 rings (SSSR count). The number of anilines is 1. The molecule has 1 fully saturated rings. The average Bonchev–Trinajstić information content (AvgIpc) is 2.40. The van der Waals surface area contributed by atoms with E-state index in [1.807, 2.05) is 24.3 Å². The summed E-state index contributed by atoms with van der Waals surface area (Å²) in [4.78, 5) is 0. The van der Waals surface area contributed by atoms with Gasteiger partial charge in [0.1, 0.15) is 6.07 Å². The predicted molar refractivity (Wildman–Crippen MR) is 70.8 cm³/mol. The Morgan fingerprint density at radius 1 is 1.29 bits per heavy atom. The van der Waals surface area contributed by atoms with Crippen molar-refractivity contribution in [1.82, 2.24) is 0 Å². The molecule has 0 bridgehead atoms. The van der Waals surface area contributed by atoms with Crippen LogP contribution in [0.3, 0.4) is 0 Å². The van der Waals surface area contributed by atoms with Crippen molar-refractivity contribution in [2.45, 2.75) is 45.1 Å². The fraction of sp³-hybridized carbons (Fsp3) is 0.533. The van der Waals surface area contributed by atoms with Crippen LogP contribution in [-0.4, -0.2) is 6.04 Å². The van der Waals surface area contributed by atoms with Crippen LogP contribution in [0.4, 0.5) is 5.69 Å². The standard InChI is InChI=1S/C15H20N2/c1-2-12-7-3-5-9-14(12)17-15-10-6-4-8-13(15)11-16/h4,6,8,10,12,14,17H,2-3,5,7,9H2,1H3. The van der Waals surface area contributed by atoms with Crippen LogP contribution in [0.15, 0.2) is 24.3 Å². The third kappa shape index (κ3) is 2.79. The normalized spacial score (nSPS) is 24.0. The van der Waals surface area contributed by atoms with Crippen molar-refractivity contribution in [3.8, 4) is 6.07 Å². The summed E-state index contributed by atoms with van der Waals surface area (Å²) in [6.45, 7) is 2.26. The Morgan fingerprint density at radius 2 is 2.06 bits per heavy atom. The van der Waals surface area contributed by atoms with E-state index in [0.29, 0.717) is 6.04 Å². The molecule has 2 atom stereocenters. The van der Waals surface area contributed by atoms with Gasteiger partial charge in [-0.25, -0.2) is 0 Å². The van der Waals surface area contributed by atoms with E-state index in [9.17, 15) is 0 Å². The number of nitrogens with zero attached hydrogens (tertiary/aromatic N) is 1. The minimum absolute atomic E-state index is 0.545. The van der Waals surface area contributed by atoms with E-state index in [2.05, 4.69) is 18.3 Å². The highest BCUT2D eigenvalue weighted by Gasteiger charge is 2.23. The molecule has 2 heteroatoms. The summed E-state index contributed by atoms with van der Waals surface area (Å²) < 4.78 is 0. The zero-order valence-electron chi connectivity index (χ0n) is 10.4. The Kier molecular flexibility index (Phi) is 4.03. The molecule has 1 saturated carbocycles. The highest BCUT2D eigenvalue weighted by molar-refractivity contribution is 5.57. The summed E-state index contributed by atoms with van der Waals surface area (Å²) in [6, 6.07) is 10.6. The van der Waals surface area contributed by atoms with Crippen LogP contribution in [0.1, 0.15) is 44.6 Å². The zero-order valence-corrected chi connectivity index (χ0v) is 10.4. The van der Waals surface area contributed by atoms with Crippen molar-refractivity contribution in [2.75, 3.05) is 5.32 Å². The minimum atomic E-state index is 0.545. The molecule has 0 aromatic heterocycles. The number of hydrogen-bond donors (Lipinski definition) is 1. The molecule has 2 unspecified atom stereocenters. The molecule has 0 heterocycles. The monoisotopic (exact) mass is 228 g/mol. The fourth-order valence-corrected chi connectivity index (χ4v) is 2.79. The largest absolute Gasteiger partial charge is 0.381 e. The van der Waals surface area contributed by atoms with Crippen molar-refractivity contribution in [1.29, 1.82) is 5.26 Å². The Bertz CT molecular complexity index is 406. The number of para-hydroxylation sites is 1. The number of benzene rings is 1. The molecule has 0 saturated heterocycles. The van der Waals surface area contributed by atoms with E-state index in [0.717, 1.165) is 17.2 Å². The molecule has 1 N–H and O–H groups in total. The average molecular weight is 228 g/mol. The van der Waals surface area contributed by atoms with Crippen molar-refractivity contribution < 1.29 is 0 Å². The number of nitrogens with one attached hydrogen (secondary N) is 1. The molecule has 1 aromatic carbocycles. The summed E-state index contributed by atoms with van der Waals surface area (Å²) in [6.07, 6.45) is 6.45. The van der Waals surface area contributed by atoms with Gasteiger partial charge in [-0.05, 0) is 30.9 Å². The quantitative estimate of drug-likeness (QED) is 0.850. The maximum Gasteiger partial charge on any atom is 0.101 e. The summed E-state index contributed by atoms with van der Waals surface area (Å²) >= 11 is 0. The molecule has 1 aliphatic rings. The van der Waals surface area contributed by atoms with Crippen LogP contribution < -0.4 is 5.32 Å². The summed E-state index contributed by atoms with van der Waals surface area (Å²) in [5, 5.41) is 12.7. The highest BCUT2D eigenvalue weighted by Crippen LogP contribution is 2.30. The van der Waals surface area contributed by atoms with Crippen molar-refractivity contribution in [2.24, 2.45) is 5.92 Å². The molecule has 1 aliphatic carbocycles. The molecule has 0 aliphatic heterocycles. The second kappa shape index (κ2) is 5.72. The van der Waals surface area contributed by atoms with Crippen molar-refractivity contribution >= 4 is 5.69 Å². The smallest absolute Gasteiger partial charge is 0.101 e. The van der Waals surface area contributed by atoms with Gasteiger partial charge in [0, 0.05) is 6.04 Å². The summed E-state index contributed by atoms with van der Waals surface area (Å²) in [5.41, 5.74) is 1.76. The van der Waals surface area contributed by atoms with Gasteiger partial charge in [0.15, 0.2) is 0 Å². The summed E-state index contributed by atoms with van der Waals surface area (Å²) in [7, 11) is 0. The lowest BCUT2D eigenvalue weighted by Crippen LogP contribution is -2.32. The molecule has 17 heavy (non-hydrogen) atoms. The first-order chi connectivity index (χ1) is 8.35.